The first-order chi connectivity index (χ1) is 25.1. The molecule has 1 aromatic rings. The van der Waals surface area contributed by atoms with Crippen molar-refractivity contribution in [3.63, 3.8) is 0 Å². The molecular weight excluding hydrogens is 662 g/mol. The second kappa shape index (κ2) is 18.6. The summed E-state index contributed by atoms with van der Waals surface area (Å²) in [6.45, 7) is 4.02. The van der Waals surface area contributed by atoms with E-state index in [0.29, 0.717) is 19.4 Å². The van der Waals surface area contributed by atoms with Crippen molar-refractivity contribution in [2.45, 2.75) is 135 Å². The number of ketones is 4. The summed E-state index contributed by atoms with van der Waals surface area (Å²) in [6.07, 6.45) is 16.9. The van der Waals surface area contributed by atoms with Gasteiger partial charge in [0, 0.05) is 56.1 Å². The van der Waals surface area contributed by atoms with Gasteiger partial charge in [-0.05, 0) is 82.1 Å². The van der Waals surface area contributed by atoms with Crippen molar-refractivity contribution < 1.29 is 33.6 Å². The minimum atomic E-state index is -0.882. The number of Topliss-reactive ketones (excluding diaryl/α,β-unsaturated/α-hetero) is 3. The third-order valence-corrected chi connectivity index (χ3v) is 11.5. The number of hydrogen-bond donors (Lipinski definition) is 2. The molecule has 3 saturated carbocycles. The highest BCUT2D eigenvalue weighted by molar-refractivity contribution is 6.37. The van der Waals surface area contributed by atoms with Gasteiger partial charge in [-0.1, -0.05) is 45.1 Å². The first-order valence-electron chi connectivity index (χ1n) is 19.5. The Morgan fingerprint density at radius 2 is 1.67 bits per heavy atom. The van der Waals surface area contributed by atoms with E-state index >= 15 is 0 Å². The molecule has 1 aromatic heterocycles. The van der Waals surface area contributed by atoms with Crippen molar-refractivity contribution in [3.8, 4) is 0 Å². The van der Waals surface area contributed by atoms with Crippen molar-refractivity contribution in [3.05, 3.63) is 36.4 Å². The zero-order valence-electron chi connectivity index (χ0n) is 30.7. The van der Waals surface area contributed by atoms with Crippen LogP contribution in [0.2, 0.25) is 0 Å². The number of hydrogen-bond acceptors (Lipinski definition) is 9. The van der Waals surface area contributed by atoms with Gasteiger partial charge in [0.1, 0.15) is 5.69 Å². The molecule has 3 amide bonds. The second-order valence-electron chi connectivity index (χ2n) is 15.4. The largest absolute Gasteiger partial charge is 0.347 e. The number of carbonyl (C=O) groups excluding carboxylic acids is 7. The molecule has 2 heterocycles. The van der Waals surface area contributed by atoms with E-state index in [9.17, 15) is 33.6 Å². The number of rotatable bonds is 19. The third-order valence-electron chi connectivity index (χ3n) is 11.5. The standard InChI is InChI=1S/C40H55N5O7/c1-3-9-26(37(49)39(51)43-29-16-17-29)21-34(48)36-31-14-8-13-28(31)24-45(36)40(52)27(15-18-30(46)10-4-2)22-33(47)35(25-11-6-5-7-12-25)44-38(50)32-23-41-19-20-42-32/h4,10,19-20,23,25-29,31,35-36H,3,5-9,11-18,21-22,24H2,1-2H3,(H,43,51)(H,44,50)/b10-4+/t26-,27-,28+,31+,35+,36+/m1/s1. The van der Waals surface area contributed by atoms with E-state index in [1.165, 1.54) is 24.7 Å². The van der Waals surface area contributed by atoms with E-state index < -0.39 is 41.5 Å². The summed E-state index contributed by atoms with van der Waals surface area (Å²) in [6, 6.07) is -1.57. The number of allylic oxidation sites excluding steroid dienone is 2. The maximum absolute atomic E-state index is 14.7. The molecule has 3 aliphatic carbocycles. The Bertz CT molecular complexity index is 1500. The van der Waals surface area contributed by atoms with Gasteiger partial charge in [0.25, 0.3) is 11.8 Å². The predicted octanol–water partition coefficient (Wildman–Crippen LogP) is 4.51. The van der Waals surface area contributed by atoms with E-state index in [1.807, 2.05) is 6.92 Å². The number of amides is 3. The Hall–Kier alpha value is -4.09. The van der Waals surface area contributed by atoms with Gasteiger partial charge in [-0.3, -0.25) is 38.5 Å². The Balaban J connectivity index is 1.37. The summed E-state index contributed by atoms with van der Waals surface area (Å²) in [5.74, 6) is -4.43. The van der Waals surface area contributed by atoms with Crippen LogP contribution in [0, 0.1) is 29.6 Å². The molecule has 1 aliphatic heterocycles. The van der Waals surface area contributed by atoms with Crippen molar-refractivity contribution in [1.29, 1.82) is 0 Å². The average molecular weight is 718 g/mol. The summed E-state index contributed by atoms with van der Waals surface area (Å²) < 4.78 is 0. The molecule has 4 fully saturated rings. The SMILES string of the molecule is C/C=C/C(=O)CC[C@H](CC(=O)[C@@H](NC(=O)c1cnccn1)C1CCCCC1)C(=O)N1C[C@@H]2CCC[C@@H]2[C@H]1C(=O)C[C@@H](CCC)C(=O)C(=O)NC1CC1. The molecule has 4 aliphatic rings. The third kappa shape index (κ3) is 10.1. The quantitative estimate of drug-likeness (QED) is 0.154. The number of fused-ring (bicyclic) bond motifs is 1. The van der Waals surface area contributed by atoms with Gasteiger partial charge in [-0.2, -0.15) is 0 Å². The van der Waals surface area contributed by atoms with Crippen LogP contribution in [-0.2, 0) is 28.8 Å². The van der Waals surface area contributed by atoms with Crippen LogP contribution in [0.1, 0.15) is 127 Å². The Labute approximate surface area is 306 Å². The lowest BCUT2D eigenvalue weighted by atomic mass is 9.79. The highest BCUT2D eigenvalue weighted by Crippen LogP contribution is 2.44. The van der Waals surface area contributed by atoms with Crippen molar-refractivity contribution in [1.82, 2.24) is 25.5 Å². The lowest BCUT2D eigenvalue weighted by molar-refractivity contribution is -0.145. The van der Waals surface area contributed by atoms with Crippen molar-refractivity contribution >= 4 is 40.9 Å². The van der Waals surface area contributed by atoms with Crippen LogP contribution in [0.25, 0.3) is 0 Å². The fraction of sp³-hybridized carbons (Fsp3) is 0.675. The molecule has 5 rings (SSSR count). The maximum atomic E-state index is 14.7. The second-order valence-corrected chi connectivity index (χ2v) is 15.4. The molecule has 0 aromatic carbocycles. The number of nitrogens with zero attached hydrogens (tertiary/aromatic N) is 3. The molecule has 1 saturated heterocycles. The summed E-state index contributed by atoms with van der Waals surface area (Å²) in [5, 5.41) is 5.67. The first-order valence-corrected chi connectivity index (χ1v) is 19.5. The van der Waals surface area contributed by atoms with Crippen molar-refractivity contribution in [2.24, 2.45) is 29.6 Å². The van der Waals surface area contributed by atoms with Crippen LogP contribution in [0.4, 0.5) is 0 Å². The fourth-order valence-electron chi connectivity index (χ4n) is 8.72. The van der Waals surface area contributed by atoms with Gasteiger partial charge < -0.3 is 15.5 Å². The van der Waals surface area contributed by atoms with E-state index in [-0.39, 0.29) is 78.4 Å². The minimum Gasteiger partial charge on any atom is -0.347 e. The molecule has 0 unspecified atom stereocenters. The predicted molar refractivity (Wildman–Crippen MR) is 193 cm³/mol. The highest BCUT2D eigenvalue weighted by atomic mass is 16.2. The molecule has 282 valence electrons. The smallest absolute Gasteiger partial charge is 0.287 e. The molecule has 0 bridgehead atoms. The zero-order chi connectivity index (χ0) is 37.2. The molecule has 52 heavy (non-hydrogen) atoms. The van der Waals surface area contributed by atoms with Gasteiger partial charge >= 0.3 is 0 Å². The van der Waals surface area contributed by atoms with Gasteiger partial charge in [-0.25, -0.2) is 4.98 Å². The number of nitrogens with one attached hydrogen (secondary N) is 2. The molecule has 6 atom stereocenters. The van der Waals surface area contributed by atoms with Crippen LogP contribution in [0.5, 0.6) is 0 Å². The number of likely N-dealkylation sites (tertiary alicyclic amines) is 1. The minimum absolute atomic E-state index is 0.0222. The zero-order valence-corrected chi connectivity index (χ0v) is 30.7. The molecule has 12 nitrogen and oxygen atoms in total. The van der Waals surface area contributed by atoms with Gasteiger partial charge in [-0.15, -0.1) is 0 Å². The maximum Gasteiger partial charge on any atom is 0.287 e. The summed E-state index contributed by atoms with van der Waals surface area (Å²) in [5.41, 5.74) is 0.0931. The number of aromatic nitrogens is 2. The fourth-order valence-corrected chi connectivity index (χ4v) is 8.72. The Kier molecular flexibility index (Phi) is 14.0. The van der Waals surface area contributed by atoms with Gasteiger partial charge in [0.15, 0.2) is 17.3 Å². The van der Waals surface area contributed by atoms with Crippen LogP contribution < -0.4 is 10.6 Å². The summed E-state index contributed by atoms with van der Waals surface area (Å²) in [7, 11) is 0. The van der Waals surface area contributed by atoms with E-state index in [0.717, 1.165) is 64.2 Å². The lowest BCUT2D eigenvalue weighted by Crippen LogP contribution is -2.50. The summed E-state index contributed by atoms with van der Waals surface area (Å²) in [4.78, 5) is 105. The first kappa shape index (κ1) is 39.1. The van der Waals surface area contributed by atoms with E-state index in [2.05, 4.69) is 20.6 Å². The van der Waals surface area contributed by atoms with E-state index in [1.54, 1.807) is 17.9 Å². The lowest BCUT2D eigenvalue weighted by Gasteiger charge is -2.33. The summed E-state index contributed by atoms with van der Waals surface area (Å²) >= 11 is 0. The van der Waals surface area contributed by atoms with Crippen LogP contribution >= 0.6 is 0 Å². The van der Waals surface area contributed by atoms with Gasteiger partial charge in [0.05, 0.1) is 18.3 Å². The molecule has 2 N–H and O–H groups in total. The Morgan fingerprint density at radius 3 is 2.35 bits per heavy atom. The van der Waals surface area contributed by atoms with Crippen LogP contribution in [0.3, 0.4) is 0 Å². The average Bonchev–Trinajstić information content (AvgIpc) is 3.72. The van der Waals surface area contributed by atoms with Crippen LogP contribution in [0.15, 0.2) is 30.7 Å². The Morgan fingerprint density at radius 1 is 0.904 bits per heavy atom. The molecule has 0 radical (unpaired) electrons. The molecule has 12 heteroatoms. The molecule has 0 spiro atoms. The normalized spacial score (nSPS) is 23.4. The topological polar surface area (TPSA) is 173 Å². The molecular formula is C40H55N5O7. The van der Waals surface area contributed by atoms with Crippen LogP contribution in [-0.4, -0.2) is 80.4 Å². The van der Waals surface area contributed by atoms with E-state index in [4.69, 9.17) is 0 Å². The highest BCUT2D eigenvalue weighted by Gasteiger charge is 2.51. The monoisotopic (exact) mass is 717 g/mol. The van der Waals surface area contributed by atoms with Gasteiger partial charge in [0.2, 0.25) is 11.7 Å². The van der Waals surface area contributed by atoms with Crippen molar-refractivity contribution in [2.75, 3.05) is 6.54 Å². The number of carbonyl (C=O) groups is 7.